The van der Waals surface area contributed by atoms with Crippen LogP contribution >= 0.6 is 0 Å². The van der Waals surface area contributed by atoms with Crippen LogP contribution in [0.5, 0.6) is 5.75 Å². The molecule has 0 radical (unpaired) electrons. The highest BCUT2D eigenvalue weighted by atomic mass is 16.5. The standard InChI is InChI=1S/C23H32N2O3/c26-23(25-14-5-4-8-19-6-2-1-3-7-19)20-9-11-21(12-10-20)27-16-13-22-18-24-15-17-28-22/h1-3,6-7,9-12,22-26H,4-5,8,13-18H2. The molecule has 1 aliphatic rings. The summed E-state index contributed by atoms with van der Waals surface area (Å²) in [6, 6.07) is 18.2. The second kappa shape index (κ2) is 11.8. The van der Waals surface area contributed by atoms with E-state index in [0.29, 0.717) is 6.61 Å². The van der Waals surface area contributed by atoms with E-state index in [4.69, 9.17) is 9.47 Å². The number of aliphatic hydroxyl groups is 1. The fourth-order valence-corrected chi connectivity index (χ4v) is 3.32. The lowest BCUT2D eigenvalue weighted by Gasteiger charge is -2.23. The van der Waals surface area contributed by atoms with Gasteiger partial charge in [0.1, 0.15) is 12.0 Å². The molecule has 3 rings (SSSR count). The molecule has 5 nitrogen and oxygen atoms in total. The van der Waals surface area contributed by atoms with Gasteiger partial charge in [0, 0.05) is 19.5 Å². The zero-order chi connectivity index (χ0) is 19.4. The van der Waals surface area contributed by atoms with Crippen molar-refractivity contribution >= 4 is 0 Å². The first-order valence-electron chi connectivity index (χ1n) is 10.3. The first kappa shape index (κ1) is 20.8. The fraction of sp³-hybridized carbons (Fsp3) is 0.478. The lowest BCUT2D eigenvalue weighted by atomic mass is 10.1. The highest BCUT2D eigenvalue weighted by molar-refractivity contribution is 5.28. The Bertz CT molecular complexity index is 657. The molecule has 1 heterocycles. The van der Waals surface area contributed by atoms with Crippen molar-refractivity contribution in [2.75, 3.05) is 32.8 Å². The van der Waals surface area contributed by atoms with E-state index in [0.717, 1.165) is 63.2 Å². The molecule has 0 saturated carbocycles. The summed E-state index contributed by atoms with van der Waals surface area (Å²) in [5, 5.41) is 16.8. The van der Waals surface area contributed by atoms with Crippen LogP contribution in [0.4, 0.5) is 0 Å². The van der Waals surface area contributed by atoms with Gasteiger partial charge >= 0.3 is 0 Å². The summed E-state index contributed by atoms with van der Waals surface area (Å²) in [4.78, 5) is 0. The van der Waals surface area contributed by atoms with E-state index in [-0.39, 0.29) is 6.10 Å². The molecule has 2 aromatic carbocycles. The summed E-state index contributed by atoms with van der Waals surface area (Å²) >= 11 is 0. The van der Waals surface area contributed by atoms with Crippen LogP contribution in [0.3, 0.4) is 0 Å². The maximum atomic E-state index is 10.3. The van der Waals surface area contributed by atoms with Gasteiger partial charge in [0.15, 0.2) is 0 Å². The Balaban J connectivity index is 1.30. The molecule has 2 atom stereocenters. The lowest BCUT2D eigenvalue weighted by molar-refractivity contribution is 0.0159. The molecule has 28 heavy (non-hydrogen) atoms. The van der Waals surface area contributed by atoms with Crippen molar-refractivity contribution in [1.82, 2.24) is 10.6 Å². The number of hydrogen-bond acceptors (Lipinski definition) is 5. The monoisotopic (exact) mass is 384 g/mol. The zero-order valence-corrected chi connectivity index (χ0v) is 16.5. The smallest absolute Gasteiger partial charge is 0.131 e. The third-order valence-corrected chi connectivity index (χ3v) is 4.98. The van der Waals surface area contributed by atoms with Crippen molar-refractivity contribution in [2.45, 2.75) is 38.0 Å². The van der Waals surface area contributed by atoms with E-state index < -0.39 is 6.23 Å². The molecule has 0 aromatic heterocycles. The maximum absolute atomic E-state index is 10.3. The van der Waals surface area contributed by atoms with Gasteiger partial charge in [-0.3, -0.25) is 5.32 Å². The molecule has 0 spiro atoms. The van der Waals surface area contributed by atoms with E-state index in [9.17, 15) is 5.11 Å². The van der Waals surface area contributed by atoms with Crippen LogP contribution in [-0.2, 0) is 11.2 Å². The molecule has 1 fully saturated rings. The van der Waals surface area contributed by atoms with E-state index in [2.05, 4.69) is 34.9 Å². The normalized spacial score (nSPS) is 18.0. The molecule has 2 aromatic rings. The summed E-state index contributed by atoms with van der Waals surface area (Å²) in [5.74, 6) is 0.822. The van der Waals surface area contributed by atoms with Crippen molar-refractivity contribution < 1.29 is 14.6 Å². The molecule has 0 aliphatic carbocycles. The number of morpholine rings is 1. The largest absolute Gasteiger partial charge is 0.493 e. The van der Waals surface area contributed by atoms with Crippen LogP contribution in [0.25, 0.3) is 0 Å². The van der Waals surface area contributed by atoms with Crippen LogP contribution in [-0.4, -0.2) is 44.1 Å². The van der Waals surface area contributed by atoms with Crippen LogP contribution in [0.2, 0.25) is 0 Å². The minimum atomic E-state index is -0.646. The van der Waals surface area contributed by atoms with Gasteiger partial charge in [-0.2, -0.15) is 0 Å². The van der Waals surface area contributed by atoms with Gasteiger partial charge in [-0.05, 0) is 49.1 Å². The maximum Gasteiger partial charge on any atom is 0.131 e. The minimum Gasteiger partial charge on any atom is -0.493 e. The Hall–Kier alpha value is -1.92. The quantitative estimate of drug-likeness (QED) is 0.411. The lowest BCUT2D eigenvalue weighted by Crippen LogP contribution is -2.39. The number of ether oxygens (including phenoxy) is 2. The van der Waals surface area contributed by atoms with Gasteiger partial charge in [0.25, 0.3) is 0 Å². The summed E-state index contributed by atoms with van der Waals surface area (Å²) in [6.07, 6.45) is 3.68. The molecule has 2 unspecified atom stereocenters. The summed E-state index contributed by atoms with van der Waals surface area (Å²) in [7, 11) is 0. The van der Waals surface area contributed by atoms with Gasteiger partial charge in [-0.15, -0.1) is 0 Å². The molecule has 0 amide bonds. The number of aliphatic hydroxyl groups excluding tert-OH is 1. The zero-order valence-electron chi connectivity index (χ0n) is 16.5. The first-order chi connectivity index (χ1) is 13.8. The van der Waals surface area contributed by atoms with Crippen molar-refractivity contribution in [3.8, 4) is 5.75 Å². The Morgan fingerprint density at radius 1 is 1.11 bits per heavy atom. The van der Waals surface area contributed by atoms with Gasteiger partial charge in [-0.1, -0.05) is 42.5 Å². The van der Waals surface area contributed by atoms with Crippen LogP contribution in [0.15, 0.2) is 54.6 Å². The first-order valence-corrected chi connectivity index (χ1v) is 10.3. The molecular formula is C23H32N2O3. The summed E-state index contributed by atoms with van der Waals surface area (Å²) < 4.78 is 11.5. The van der Waals surface area contributed by atoms with E-state index in [1.165, 1.54) is 5.56 Å². The third kappa shape index (κ3) is 7.24. The predicted octanol–water partition coefficient (Wildman–Crippen LogP) is 3.05. The Kier molecular flexibility index (Phi) is 8.78. The Labute approximate surface area is 168 Å². The van der Waals surface area contributed by atoms with Gasteiger partial charge < -0.3 is 19.9 Å². The number of unbranched alkanes of at least 4 members (excludes halogenated alkanes) is 1. The van der Waals surface area contributed by atoms with Gasteiger partial charge in [-0.25, -0.2) is 0 Å². The van der Waals surface area contributed by atoms with E-state index >= 15 is 0 Å². The Morgan fingerprint density at radius 2 is 1.93 bits per heavy atom. The third-order valence-electron chi connectivity index (χ3n) is 4.98. The minimum absolute atomic E-state index is 0.237. The number of benzene rings is 2. The SMILES string of the molecule is OC(NCCCCc1ccccc1)c1ccc(OCCC2CNCCO2)cc1. The molecule has 0 bridgehead atoms. The summed E-state index contributed by atoms with van der Waals surface area (Å²) in [6.45, 7) is 4.03. The van der Waals surface area contributed by atoms with Crippen LogP contribution in [0.1, 0.15) is 36.6 Å². The predicted molar refractivity (Wildman–Crippen MR) is 112 cm³/mol. The topological polar surface area (TPSA) is 62.8 Å². The second-order valence-electron chi connectivity index (χ2n) is 7.20. The highest BCUT2D eigenvalue weighted by Gasteiger charge is 2.13. The number of rotatable bonds is 11. The van der Waals surface area contributed by atoms with E-state index in [1.54, 1.807) is 0 Å². The molecule has 1 aliphatic heterocycles. The number of hydrogen-bond donors (Lipinski definition) is 3. The highest BCUT2D eigenvalue weighted by Crippen LogP contribution is 2.17. The Morgan fingerprint density at radius 3 is 2.68 bits per heavy atom. The molecule has 1 saturated heterocycles. The molecular weight excluding hydrogens is 352 g/mol. The van der Waals surface area contributed by atoms with Gasteiger partial charge in [0.2, 0.25) is 0 Å². The van der Waals surface area contributed by atoms with Crippen LogP contribution in [0, 0.1) is 0 Å². The molecule has 3 N–H and O–H groups in total. The number of aryl methyl sites for hydroxylation is 1. The van der Waals surface area contributed by atoms with Gasteiger partial charge in [0.05, 0.1) is 19.3 Å². The van der Waals surface area contributed by atoms with Crippen LogP contribution < -0.4 is 15.4 Å². The fourth-order valence-electron chi connectivity index (χ4n) is 3.32. The molecule has 5 heteroatoms. The van der Waals surface area contributed by atoms with E-state index in [1.807, 2.05) is 30.3 Å². The van der Waals surface area contributed by atoms with Crippen molar-refractivity contribution in [3.05, 3.63) is 65.7 Å². The molecule has 152 valence electrons. The number of nitrogens with one attached hydrogen (secondary N) is 2. The van der Waals surface area contributed by atoms with Crippen molar-refractivity contribution in [1.29, 1.82) is 0 Å². The second-order valence-corrected chi connectivity index (χ2v) is 7.20. The van der Waals surface area contributed by atoms with Crippen molar-refractivity contribution in [3.63, 3.8) is 0 Å². The van der Waals surface area contributed by atoms with Crippen molar-refractivity contribution in [2.24, 2.45) is 0 Å². The average Bonchev–Trinajstić information content (AvgIpc) is 2.75. The average molecular weight is 385 g/mol. The summed E-state index contributed by atoms with van der Waals surface area (Å²) in [5.41, 5.74) is 2.22.